The molecule has 0 atom stereocenters. The van der Waals surface area contributed by atoms with E-state index in [4.69, 9.17) is 0 Å². The Morgan fingerprint density at radius 2 is 1.80 bits per heavy atom. The van der Waals surface area contributed by atoms with Gasteiger partial charge in [0.2, 0.25) is 5.52 Å². The molecule has 0 fully saturated rings. The monoisotopic (exact) mass is 279 g/mol. The lowest BCUT2D eigenvalue weighted by atomic mass is 10.2. The number of benzene rings is 2. The summed E-state index contributed by atoms with van der Waals surface area (Å²) in [6, 6.07) is 19.0. The molecule has 1 aliphatic heterocycles. The molecular formula is C17H15N2S+. The second kappa shape index (κ2) is 4.76. The summed E-state index contributed by atoms with van der Waals surface area (Å²) in [6.07, 6.45) is 3.26. The van der Waals surface area contributed by atoms with E-state index in [1.165, 1.54) is 20.8 Å². The predicted octanol–water partition coefficient (Wildman–Crippen LogP) is 4.05. The van der Waals surface area contributed by atoms with Crippen LogP contribution in [-0.2, 0) is 6.54 Å². The largest absolute Gasteiger partial charge is 0.361 e. The first-order valence-corrected chi connectivity index (χ1v) is 7.66. The van der Waals surface area contributed by atoms with Crippen molar-refractivity contribution < 1.29 is 4.57 Å². The second-order valence-electron chi connectivity index (χ2n) is 4.96. The maximum atomic E-state index is 3.40. The van der Waals surface area contributed by atoms with Crippen LogP contribution < -0.4 is 9.88 Å². The van der Waals surface area contributed by atoms with E-state index in [1.54, 1.807) is 0 Å². The minimum atomic E-state index is 1.08. The maximum Gasteiger partial charge on any atom is 0.267 e. The molecule has 0 aliphatic carbocycles. The van der Waals surface area contributed by atoms with E-state index in [2.05, 4.69) is 64.6 Å². The zero-order valence-corrected chi connectivity index (χ0v) is 11.9. The number of thiazole rings is 1. The van der Waals surface area contributed by atoms with Gasteiger partial charge in [0, 0.05) is 24.4 Å². The van der Waals surface area contributed by atoms with Gasteiger partial charge in [-0.2, -0.15) is 4.57 Å². The van der Waals surface area contributed by atoms with Crippen molar-refractivity contribution >= 4 is 32.8 Å². The van der Waals surface area contributed by atoms with Crippen molar-refractivity contribution in [1.82, 2.24) is 0 Å². The standard InChI is InChI=1S/C17H14N2S/c1-2-6-14(7-3-1)18-12-13-10-11-19-15-8-4-5-9-16(15)20-17(13)19/h1-9,12H,10-11H2/p+1. The molecule has 2 nitrogen and oxygen atoms in total. The highest BCUT2D eigenvalue weighted by atomic mass is 32.1. The molecule has 0 bridgehead atoms. The van der Waals surface area contributed by atoms with Crippen LogP contribution >= 0.6 is 11.3 Å². The Morgan fingerprint density at radius 3 is 2.70 bits per heavy atom. The third-order valence-electron chi connectivity index (χ3n) is 3.67. The Labute approximate surface area is 122 Å². The molecule has 2 aromatic carbocycles. The van der Waals surface area contributed by atoms with Gasteiger partial charge < -0.3 is 5.32 Å². The molecule has 0 radical (unpaired) electrons. The smallest absolute Gasteiger partial charge is 0.267 e. The highest BCUT2D eigenvalue weighted by Crippen LogP contribution is 2.31. The van der Waals surface area contributed by atoms with Crippen LogP contribution in [0.3, 0.4) is 0 Å². The van der Waals surface area contributed by atoms with Crippen LogP contribution in [0.4, 0.5) is 5.69 Å². The van der Waals surface area contributed by atoms with E-state index < -0.39 is 0 Å². The van der Waals surface area contributed by atoms with Crippen molar-refractivity contribution in [2.45, 2.75) is 13.0 Å². The molecule has 3 aromatic rings. The van der Waals surface area contributed by atoms with Gasteiger partial charge in [0.1, 0.15) is 4.70 Å². The number of allylic oxidation sites excluding steroid dienone is 1. The van der Waals surface area contributed by atoms with E-state index >= 15 is 0 Å². The number of fused-ring (bicyclic) bond motifs is 3. The van der Waals surface area contributed by atoms with Crippen molar-refractivity contribution in [3.8, 4) is 0 Å². The van der Waals surface area contributed by atoms with Crippen LogP contribution in [-0.4, -0.2) is 0 Å². The average Bonchev–Trinajstić information content (AvgIpc) is 3.05. The summed E-state index contributed by atoms with van der Waals surface area (Å²) >= 11 is 1.88. The Morgan fingerprint density at radius 1 is 1.00 bits per heavy atom. The van der Waals surface area contributed by atoms with Gasteiger partial charge in [-0.25, -0.2) is 0 Å². The van der Waals surface area contributed by atoms with E-state index in [1.807, 2.05) is 17.4 Å². The van der Waals surface area contributed by atoms with Crippen molar-refractivity contribution in [3.63, 3.8) is 0 Å². The van der Waals surface area contributed by atoms with Crippen LogP contribution in [0.15, 0.2) is 60.8 Å². The summed E-state index contributed by atoms with van der Waals surface area (Å²) in [4.78, 5) is 0. The third kappa shape index (κ3) is 1.91. The summed E-state index contributed by atoms with van der Waals surface area (Å²) in [7, 11) is 0. The van der Waals surface area contributed by atoms with Crippen LogP contribution in [0.1, 0.15) is 11.4 Å². The van der Waals surface area contributed by atoms with Crippen molar-refractivity contribution in [2.24, 2.45) is 0 Å². The maximum absolute atomic E-state index is 3.40. The molecule has 1 aromatic heterocycles. The number of rotatable bonds is 2. The number of nitrogens with one attached hydrogen (secondary N) is 1. The zero-order chi connectivity index (χ0) is 13.4. The summed E-state index contributed by atoms with van der Waals surface area (Å²) in [5.41, 5.74) is 3.89. The second-order valence-corrected chi connectivity index (χ2v) is 5.99. The molecule has 1 N–H and O–H groups in total. The van der Waals surface area contributed by atoms with Gasteiger partial charge in [-0.3, -0.25) is 0 Å². The van der Waals surface area contributed by atoms with Crippen LogP contribution in [0.25, 0.3) is 15.8 Å². The topological polar surface area (TPSA) is 15.9 Å². The van der Waals surface area contributed by atoms with E-state index in [0.29, 0.717) is 0 Å². The van der Waals surface area contributed by atoms with Gasteiger partial charge in [0.25, 0.3) is 5.01 Å². The summed E-state index contributed by atoms with van der Waals surface area (Å²) < 4.78 is 3.80. The van der Waals surface area contributed by atoms with E-state index in [0.717, 1.165) is 18.7 Å². The lowest BCUT2D eigenvalue weighted by Gasteiger charge is -1.99. The fraction of sp³-hybridized carbons (Fsp3) is 0.118. The highest BCUT2D eigenvalue weighted by Gasteiger charge is 2.29. The third-order valence-corrected chi connectivity index (χ3v) is 4.92. The molecule has 20 heavy (non-hydrogen) atoms. The van der Waals surface area contributed by atoms with Gasteiger partial charge in [0.05, 0.1) is 5.57 Å². The molecule has 0 saturated heterocycles. The Hall–Kier alpha value is -2.13. The van der Waals surface area contributed by atoms with Gasteiger partial charge in [0.15, 0.2) is 6.54 Å². The molecule has 0 amide bonds. The molecule has 1 aliphatic rings. The minimum Gasteiger partial charge on any atom is -0.361 e. The van der Waals surface area contributed by atoms with E-state index in [9.17, 15) is 0 Å². The molecule has 4 rings (SSSR count). The van der Waals surface area contributed by atoms with Crippen LogP contribution in [0, 0.1) is 0 Å². The minimum absolute atomic E-state index is 1.08. The van der Waals surface area contributed by atoms with Crippen molar-refractivity contribution in [2.75, 3.05) is 5.32 Å². The number of hydrogen-bond donors (Lipinski definition) is 1. The van der Waals surface area contributed by atoms with Gasteiger partial charge in [-0.05, 0) is 18.2 Å². The molecule has 98 valence electrons. The fourth-order valence-electron chi connectivity index (χ4n) is 2.67. The SMILES string of the molecule is C(Nc1ccccc1)=C1CC[n+]2c1sc1ccccc12. The first-order valence-electron chi connectivity index (χ1n) is 6.84. The Kier molecular flexibility index (Phi) is 2.78. The number of anilines is 1. The van der Waals surface area contributed by atoms with Gasteiger partial charge in [-0.1, -0.05) is 41.7 Å². The highest BCUT2D eigenvalue weighted by molar-refractivity contribution is 7.19. The number of para-hydroxylation sites is 2. The van der Waals surface area contributed by atoms with Crippen LogP contribution in [0.5, 0.6) is 0 Å². The lowest BCUT2D eigenvalue weighted by Crippen LogP contribution is -2.30. The Balaban J connectivity index is 1.70. The lowest BCUT2D eigenvalue weighted by molar-refractivity contribution is -0.659. The van der Waals surface area contributed by atoms with Crippen molar-refractivity contribution in [3.05, 3.63) is 65.8 Å². The molecular weight excluding hydrogens is 264 g/mol. The normalized spacial score (nSPS) is 15.7. The molecule has 0 unspecified atom stereocenters. The summed E-state index contributed by atoms with van der Waals surface area (Å²) in [5.74, 6) is 0. The summed E-state index contributed by atoms with van der Waals surface area (Å²) in [5, 5.41) is 4.79. The van der Waals surface area contributed by atoms with Gasteiger partial charge >= 0.3 is 0 Å². The number of aromatic nitrogens is 1. The number of nitrogens with zero attached hydrogens (tertiary/aromatic N) is 1. The Bertz CT molecular complexity index is 787. The zero-order valence-electron chi connectivity index (χ0n) is 11.0. The molecule has 0 spiro atoms. The fourth-order valence-corrected chi connectivity index (χ4v) is 3.90. The summed E-state index contributed by atoms with van der Waals surface area (Å²) in [6.45, 7) is 1.08. The quantitative estimate of drug-likeness (QED) is 0.700. The van der Waals surface area contributed by atoms with Crippen LogP contribution in [0.2, 0.25) is 0 Å². The number of aryl methyl sites for hydroxylation is 1. The number of hydrogen-bond acceptors (Lipinski definition) is 2. The first-order chi connectivity index (χ1) is 9.92. The van der Waals surface area contributed by atoms with Gasteiger partial charge in [-0.15, -0.1) is 0 Å². The molecule has 2 heterocycles. The molecule has 3 heteroatoms. The molecule has 0 saturated carbocycles. The van der Waals surface area contributed by atoms with E-state index in [-0.39, 0.29) is 0 Å². The average molecular weight is 279 g/mol. The van der Waals surface area contributed by atoms with Crippen molar-refractivity contribution in [1.29, 1.82) is 0 Å². The predicted molar refractivity (Wildman–Crippen MR) is 84.7 cm³/mol. The first kappa shape index (κ1) is 11.7.